The van der Waals surface area contributed by atoms with Crippen molar-refractivity contribution in [3.8, 4) is 11.1 Å². The van der Waals surface area contributed by atoms with Crippen molar-refractivity contribution in [1.29, 1.82) is 0 Å². The van der Waals surface area contributed by atoms with Gasteiger partial charge in [0, 0.05) is 47.7 Å². The Hall–Kier alpha value is -3.67. The Balaban J connectivity index is 1.45. The Morgan fingerprint density at radius 3 is 2.32 bits per heavy atom. The van der Waals surface area contributed by atoms with Crippen LogP contribution >= 0.6 is 0 Å². The number of carboxylic acid groups (broad SMARTS) is 1. The molecule has 2 fully saturated rings. The zero-order valence-electron chi connectivity index (χ0n) is 19.5. The van der Waals surface area contributed by atoms with E-state index in [1.807, 2.05) is 68.4 Å². The maximum atomic E-state index is 12.7. The molecule has 0 bridgehead atoms. The first-order chi connectivity index (χ1) is 16.4. The Bertz CT molecular complexity index is 1230. The van der Waals surface area contributed by atoms with E-state index in [1.165, 1.54) is 6.42 Å². The monoisotopic (exact) mass is 455 g/mol. The van der Waals surface area contributed by atoms with Crippen molar-refractivity contribution in [3.63, 3.8) is 0 Å². The van der Waals surface area contributed by atoms with E-state index >= 15 is 0 Å². The van der Waals surface area contributed by atoms with Crippen LogP contribution in [-0.2, 0) is 17.8 Å². The van der Waals surface area contributed by atoms with E-state index in [2.05, 4.69) is 10.2 Å². The number of aryl methyl sites for hydroxylation is 2. The summed E-state index contributed by atoms with van der Waals surface area (Å²) in [6.07, 6.45) is 1.23. The number of pyridine rings is 1. The maximum Gasteiger partial charge on any atom is 0.307 e. The van der Waals surface area contributed by atoms with E-state index in [0.29, 0.717) is 12.1 Å². The van der Waals surface area contributed by atoms with Gasteiger partial charge in [0.15, 0.2) is 0 Å². The first kappa shape index (κ1) is 22.1. The predicted octanol–water partition coefficient (Wildman–Crippen LogP) is 4.38. The SMILES string of the molecule is Cc1nc(C)c(-c2ccc(C(=O)NCc3ccccc3)cc2)c(N2CC3CC3C2)c1CC(=O)O. The van der Waals surface area contributed by atoms with Crippen molar-refractivity contribution in [1.82, 2.24) is 10.3 Å². The molecule has 2 aromatic carbocycles. The molecule has 174 valence electrons. The third-order valence-electron chi connectivity index (χ3n) is 7.01. The molecule has 1 aliphatic heterocycles. The minimum Gasteiger partial charge on any atom is -0.481 e. The molecule has 1 saturated carbocycles. The summed E-state index contributed by atoms with van der Waals surface area (Å²) in [5, 5.41) is 12.6. The Kier molecular flexibility index (Phi) is 5.82. The second-order valence-electron chi connectivity index (χ2n) is 9.46. The second-order valence-corrected chi connectivity index (χ2v) is 9.46. The molecule has 2 atom stereocenters. The quantitative estimate of drug-likeness (QED) is 0.553. The molecule has 5 rings (SSSR count). The fourth-order valence-electron chi connectivity index (χ4n) is 5.18. The molecule has 1 aliphatic carbocycles. The van der Waals surface area contributed by atoms with Crippen molar-refractivity contribution in [3.05, 3.63) is 82.7 Å². The lowest BCUT2D eigenvalue weighted by Gasteiger charge is -2.28. The van der Waals surface area contributed by atoms with Gasteiger partial charge in [0.05, 0.1) is 12.1 Å². The number of aliphatic carboxylic acids is 1. The molecule has 2 aliphatic rings. The van der Waals surface area contributed by atoms with E-state index in [9.17, 15) is 14.7 Å². The number of carbonyl (C=O) groups excluding carboxylic acids is 1. The summed E-state index contributed by atoms with van der Waals surface area (Å²) in [5.41, 5.74) is 7.01. The summed E-state index contributed by atoms with van der Waals surface area (Å²) in [4.78, 5) is 31.4. The lowest BCUT2D eigenvalue weighted by Crippen LogP contribution is -2.26. The smallest absolute Gasteiger partial charge is 0.307 e. The molecule has 0 spiro atoms. The molecule has 6 heteroatoms. The summed E-state index contributed by atoms with van der Waals surface area (Å²) in [5.74, 6) is 0.460. The number of hydrogen-bond acceptors (Lipinski definition) is 4. The summed E-state index contributed by atoms with van der Waals surface area (Å²) in [7, 11) is 0. The molecule has 34 heavy (non-hydrogen) atoms. The normalized spacial score (nSPS) is 18.5. The molecule has 1 aromatic heterocycles. The Morgan fingerprint density at radius 2 is 1.68 bits per heavy atom. The van der Waals surface area contributed by atoms with E-state index in [4.69, 9.17) is 4.98 Å². The van der Waals surface area contributed by atoms with E-state index in [-0.39, 0.29) is 12.3 Å². The van der Waals surface area contributed by atoms with Gasteiger partial charge in [0.2, 0.25) is 0 Å². The number of rotatable bonds is 7. The lowest BCUT2D eigenvalue weighted by molar-refractivity contribution is -0.136. The number of amides is 1. The number of piperidine rings is 1. The van der Waals surface area contributed by atoms with Gasteiger partial charge >= 0.3 is 5.97 Å². The van der Waals surface area contributed by atoms with Gasteiger partial charge in [-0.3, -0.25) is 14.6 Å². The third kappa shape index (κ3) is 4.40. The predicted molar refractivity (Wildman–Crippen MR) is 132 cm³/mol. The lowest BCUT2D eigenvalue weighted by atomic mass is 9.94. The van der Waals surface area contributed by atoms with Crippen molar-refractivity contribution in [2.24, 2.45) is 11.8 Å². The van der Waals surface area contributed by atoms with E-state index < -0.39 is 5.97 Å². The van der Waals surface area contributed by atoms with Crippen LogP contribution in [0.25, 0.3) is 11.1 Å². The molecule has 6 nitrogen and oxygen atoms in total. The number of nitrogens with one attached hydrogen (secondary N) is 1. The standard InChI is InChI=1S/C28H29N3O3/c1-17-24(13-25(32)33)27(31-15-22-12-23(22)16-31)26(18(2)30-17)20-8-10-21(11-9-20)28(34)29-14-19-6-4-3-5-7-19/h3-11,22-23H,12-16H2,1-2H3,(H,29,34)(H,32,33). The van der Waals surface area contributed by atoms with Crippen LogP contribution in [0.15, 0.2) is 54.6 Å². The molecular formula is C28H29N3O3. The van der Waals surface area contributed by atoms with E-state index in [1.54, 1.807) is 0 Å². The molecule has 2 N–H and O–H groups in total. The zero-order valence-corrected chi connectivity index (χ0v) is 19.5. The van der Waals surface area contributed by atoms with Crippen LogP contribution in [0.3, 0.4) is 0 Å². The van der Waals surface area contributed by atoms with Gasteiger partial charge in [-0.2, -0.15) is 0 Å². The zero-order chi connectivity index (χ0) is 23.8. The third-order valence-corrected chi connectivity index (χ3v) is 7.01. The highest BCUT2D eigenvalue weighted by Crippen LogP contribution is 2.49. The summed E-state index contributed by atoms with van der Waals surface area (Å²) >= 11 is 0. The van der Waals surface area contributed by atoms with Gasteiger partial charge in [0.25, 0.3) is 5.91 Å². The van der Waals surface area contributed by atoms with Crippen molar-refractivity contribution >= 4 is 17.6 Å². The average Bonchev–Trinajstić information content (AvgIpc) is 3.44. The van der Waals surface area contributed by atoms with Gasteiger partial charge in [-0.15, -0.1) is 0 Å². The first-order valence-electron chi connectivity index (χ1n) is 11.8. The molecule has 0 radical (unpaired) electrons. The molecule has 2 heterocycles. The first-order valence-corrected chi connectivity index (χ1v) is 11.8. The number of benzene rings is 2. The van der Waals surface area contributed by atoms with Gasteiger partial charge < -0.3 is 15.3 Å². The number of nitrogens with zero attached hydrogens (tertiary/aromatic N) is 2. The summed E-state index contributed by atoms with van der Waals surface area (Å²) < 4.78 is 0. The van der Waals surface area contributed by atoms with Gasteiger partial charge in [-0.25, -0.2) is 0 Å². The minimum atomic E-state index is -0.851. The summed E-state index contributed by atoms with van der Waals surface area (Å²) in [6.45, 7) is 6.28. The molecular weight excluding hydrogens is 426 g/mol. The minimum absolute atomic E-state index is 0.0484. The van der Waals surface area contributed by atoms with Crippen LogP contribution in [0.4, 0.5) is 5.69 Å². The number of aromatic nitrogens is 1. The number of anilines is 1. The van der Waals surface area contributed by atoms with Crippen LogP contribution in [0.5, 0.6) is 0 Å². The molecule has 3 aromatic rings. The van der Waals surface area contributed by atoms with E-state index in [0.717, 1.165) is 64.3 Å². The number of carboxylic acids is 1. The van der Waals surface area contributed by atoms with Crippen LogP contribution in [-0.4, -0.2) is 35.1 Å². The number of carbonyl (C=O) groups is 2. The van der Waals surface area contributed by atoms with Gasteiger partial charge in [-0.1, -0.05) is 42.5 Å². The van der Waals surface area contributed by atoms with Gasteiger partial charge in [-0.05, 0) is 55.4 Å². The van der Waals surface area contributed by atoms with Crippen molar-refractivity contribution < 1.29 is 14.7 Å². The maximum absolute atomic E-state index is 12.7. The van der Waals surface area contributed by atoms with Crippen molar-refractivity contribution in [2.75, 3.05) is 18.0 Å². The molecule has 2 unspecified atom stereocenters. The number of fused-ring (bicyclic) bond motifs is 1. The highest BCUT2D eigenvalue weighted by atomic mass is 16.4. The Morgan fingerprint density at radius 1 is 1.00 bits per heavy atom. The molecule has 1 amide bonds. The average molecular weight is 456 g/mol. The Labute approximate surface area is 199 Å². The fourth-order valence-corrected chi connectivity index (χ4v) is 5.18. The number of hydrogen-bond donors (Lipinski definition) is 2. The second kappa shape index (κ2) is 8.93. The van der Waals surface area contributed by atoms with Crippen LogP contribution in [0, 0.1) is 25.7 Å². The topological polar surface area (TPSA) is 82.5 Å². The highest BCUT2D eigenvalue weighted by Gasteiger charge is 2.46. The van der Waals surface area contributed by atoms with Crippen LogP contribution < -0.4 is 10.2 Å². The van der Waals surface area contributed by atoms with Crippen molar-refractivity contribution in [2.45, 2.75) is 33.2 Å². The highest BCUT2D eigenvalue weighted by molar-refractivity contribution is 5.95. The van der Waals surface area contributed by atoms with Gasteiger partial charge in [0.1, 0.15) is 0 Å². The fraction of sp³-hybridized carbons (Fsp3) is 0.321. The summed E-state index contributed by atoms with van der Waals surface area (Å²) in [6, 6.07) is 17.4. The van der Waals surface area contributed by atoms with Crippen LogP contribution in [0.2, 0.25) is 0 Å². The van der Waals surface area contributed by atoms with Crippen LogP contribution in [0.1, 0.15) is 39.3 Å². The molecule has 1 saturated heterocycles. The largest absolute Gasteiger partial charge is 0.481 e.